The van der Waals surface area contributed by atoms with Crippen LogP contribution in [0.3, 0.4) is 0 Å². The maximum absolute atomic E-state index is 13.5. The van der Waals surface area contributed by atoms with Gasteiger partial charge in [-0.15, -0.1) is 0 Å². The van der Waals surface area contributed by atoms with Gasteiger partial charge >= 0.3 is 11.6 Å². The van der Waals surface area contributed by atoms with Crippen molar-refractivity contribution in [3.05, 3.63) is 80.4 Å². The molecule has 0 radical (unpaired) electrons. The molecular formula is C25H21NO7. The molecule has 3 heterocycles. The molecule has 1 aliphatic heterocycles. The Kier molecular flexibility index (Phi) is 4.92. The quantitative estimate of drug-likeness (QED) is 0.350. The van der Waals surface area contributed by atoms with Crippen LogP contribution in [-0.4, -0.2) is 30.4 Å². The van der Waals surface area contributed by atoms with Crippen LogP contribution in [0, 0.1) is 0 Å². The second-order valence-corrected chi connectivity index (χ2v) is 7.79. The summed E-state index contributed by atoms with van der Waals surface area (Å²) in [5.74, 6) is -0.790. The number of esters is 1. The number of carbonyl (C=O) groups excluding carboxylic acids is 1. The fraction of sp³-hybridized carbons (Fsp3) is 0.240. The Hall–Kier alpha value is -4.07. The van der Waals surface area contributed by atoms with Gasteiger partial charge in [0.25, 0.3) is 5.56 Å². The number of fused-ring (bicyclic) bond motifs is 4. The summed E-state index contributed by atoms with van der Waals surface area (Å²) >= 11 is 0. The van der Waals surface area contributed by atoms with Crippen LogP contribution in [0.2, 0.25) is 0 Å². The number of rotatable bonds is 4. The van der Waals surface area contributed by atoms with Crippen LogP contribution in [-0.2, 0) is 16.6 Å². The van der Waals surface area contributed by atoms with Gasteiger partial charge in [-0.2, -0.15) is 0 Å². The van der Waals surface area contributed by atoms with Gasteiger partial charge in [0.15, 0.2) is 0 Å². The molecule has 4 aromatic rings. The number of aryl methyl sites for hydroxylation is 1. The molecule has 2 aromatic heterocycles. The highest BCUT2D eigenvalue weighted by Crippen LogP contribution is 2.44. The number of aromatic nitrogens is 1. The number of hydrogen-bond acceptors (Lipinski definition) is 7. The molecule has 2 aromatic carbocycles. The number of methoxy groups -OCH3 is 1. The number of benzene rings is 2. The normalized spacial score (nSPS) is 17.1. The Morgan fingerprint density at radius 3 is 2.67 bits per heavy atom. The molecule has 0 amide bonds. The van der Waals surface area contributed by atoms with Crippen LogP contribution >= 0.6 is 0 Å². The molecule has 0 saturated carbocycles. The summed E-state index contributed by atoms with van der Waals surface area (Å²) in [6.07, 6.45) is -1.20. The summed E-state index contributed by atoms with van der Waals surface area (Å²) < 4.78 is 23.5. The van der Waals surface area contributed by atoms with Crippen molar-refractivity contribution in [2.24, 2.45) is 7.05 Å². The van der Waals surface area contributed by atoms with Crippen molar-refractivity contribution in [1.29, 1.82) is 0 Å². The lowest BCUT2D eigenvalue weighted by molar-refractivity contribution is -0.151. The monoisotopic (exact) mass is 447 g/mol. The first-order valence-corrected chi connectivity index (χ1v) is 10.5. The summed E-state index contributed by atoms with van der Waals surface area (Å²) in [6, 6.07) is 13.9. The molecule has 0 bridgehead atoms. The maximum atomic E-state index is 13.5. The van der Waals surface area contributed by atoms with Gasteiger partial charge < -0.3 is 23.2 Å². The van der Waals surface area contributed by atoms with E-state index in [4.69, 9.17) is 18.6 Å². The highest BCUT2D eigenvalue weighted by Gasteiger charge is 2.46. The molecule has 0 saturated heterocycles. The third-order valence-corrected chi connectivity index (χ3v) is 5.97. The smallest absolute Gasteiger partial charge is 0.348 e. The molecule has 1 aliphatic rings. The van der Waals surface area contributed by atoms with Crippen molar-refractivity contribution >= 4 is 27.8 Å². The molecule has 0 N–H and O–H groups in total. The summed E-state index contributed by atoms with van der Waals surface area (Å²) in [7, 11) is 3.18. The molecule has 8 nitrogen and oxygen atoms in total. The fourth-order valence-electron chi connectivity index (χ4n) is 4.42. The SMILES string of the molecule is CCOC(=O)[C@H]1Oc2c(c(=O)oc3ccccc23)[C@H]1c1cc2ccc(OC)cc2n(C)c1=O. The van der Waals surface area contributed by atoms with Crippen molar-refractivity contribution in [2.45, 2.75) is 18.9 Å². The first kappa shape index (κ1) is 20.8. The highest BCUT2D eigenvalue weighted by molar-refractivity contribution is 5.89. The van der Waals surface area contributed by atoms with E-state index in [2.05, 4.69) is 0 Å². The van der Waals surface area contributed by atoms with Gasteiger partial charge in [0.2, 0.25) is 6.10 Å². The van der Waals surface area contributed by atoms with Crippen LogP contribution in [0.4, 0.5) is 0 Å². The average Bonchev–Trinajstić information content (AvgIpc) is 3.23. The molecule has 0 fully saturated rings. The number of hydrogen-bond donors (Lipinski definition) is 0. The van der Waals surface area contributed by atoms with Gasteiger partial charge in [-0.25, -0.2) is 9.59 Å². The summed E-state index contributed by atoms with van der Waals surface area (Å²) in [6.45, 7) is 1.81. The van der Waals surface area contributed by atoms with Crippen LogP contribution < -0.4 is 20.7 Å². The van der Waals surface area contributed by atoms with Crippen molar-refractivity contribution in [3.8, 4) is 11.5 Å². The second-order valence-electron chi connectivity index (χ2n) is 7.79. The van der Waals surface area contributed by atoms with Gasteiger partial charge in [-0.05, 0) is 42.6 Å². The lowest BCUT2D eigenvalue weighted by atomic mass is 9.88. The lowest BCUT2D eigenvalue weighted by Gasteiger charge is -2.18. The summed E-state index contributed by atoms with van der Waals surface area (Å²) in [4.78, 5) is 39.4. The van der Waals surface area contributed by atoms with Crippen LogP contribution in [0.1, 0.15) is 24.0 Å². The fourth-order valence-corrected chi connectivity index (χ4v) is 4.42. The van der Waals surface area contributed by atoms with E-state index in [1.54, 1.807) is 63.5 Å². The first-order valence-electron chi connectivity index (χ1n) is 10.5. The Labute approximate surface area is 187 Å². The van der Waals surface area contributed by atoms with Gasteiger partial charge in [-0.3, -0.25) is 4.79 Å². The minimum Gasteiger partial charge on any atom is -0.497 e. The van der Waals surface area contributed by atoms with E-state index >= 15 is 0 Å². The van der Waals surface area contributed by atoms with Crippen LogP contribution in [0.5, 0.6) is 11.5 Å². The molecule has 0 aliphatic carbocycles. The standard InChI is InChI=1S/C25H21NO7/c1-4-31-25(29)22-19(20-21(33-22)15-7-5-6-8-18(15)32-24(20)28)16-11-13-9-10-14(30-3)12-17(13)26(2)23(16)27/h5-12,19,22H,4H2,1-3H3/t19-,22+/m1/s1. The number of pyridine rings is 1. The van der Waals surface area contributed by atoms with Crippen molar-refractivity contribution in [3.63, 3.8) is 0 Å². The summed E-state index contributed by atoms with van der Waals surface area (Å²) in [5.41, 5.74) is 0.353. The van der Waals surface area contributed by atoms with Crippen molar-refractivity contribution in [2.75, 3.05) is 13.7 Å². The highest BCUT2D eigenvalue weighted by atomic mass is 16.6. The Morgan fingerprint density at radius 2 is 1.91 bits per heavy atom. The second kappa shape index (κ2) is 7.81. The largest absolute Gasteiger partial charge is 0.497 e. The number of ether oxygens (including phenoxy) is 3. The first-order chi connectivity index (χ1) is 15.9. The van der Waals surface area contributed by atoms with Crippen molar-refractivity contribution in [1.82, 2.24) is 4.57 Å². The van der Waals surface area contributed by atoms with Gasteiger partial charge in [0.05, 0.1) is 36.1 Å². The third kappa shape index (κ3) is 3.17. The van der Waals surface area contributed by atoms with Gasteiger partial charge in [0.1, 0.15) is 17.1 Å². The molecule has 2 atom stereocenters. The molecule has 168 valence electrons. The summed E-state index contributed by atoms with van der Waals surface area (Å²) in [5, 5.41) is 1.29. The van der Waals surface area contributed by atoms with Crippen molar-refractivity contribution < 1.29 is 23.4 Å². The zero-order valence-corrected chi connectivity index (χ0v) is 18.3. The minimum atomic E-state index is -1.20. The molecular weight excluding hydrogens is 426 g/mol. The lowest BCUT2D eigenvalue weighted by Crippen LogP contribution is -2.36. The topological polar surface area (TPSA) is 97.0 Å². The molecule has 5 rings (SSSR count). The predicted molar refractivity (Wildman–Crippen MR) is 121 cm³/mol. The van der Waals surface area contributed by atoms with Crippen LogP contribution in [0.15, 0.2) is 62.5 Å². The van der Waals surface area contributed by atoms with E-state index in [-0.39, 0.29) is 29.0 Å². The van der Waals surface area contributed by atoms with E-state index in [0.29, 0.717) is 22.2 Å². The Balaban J connectivity index is 1.80. The Bertz CT molecular complexity index is 1530. The van der Waals surface area contributed by atoms with E-state index in [1.807, 2.05) is 6.07 Å². The van der Waals surface area contributed by atoms with Gasteiger partial charge in [0, 0.05) is 18.7 Å². The van der Waals surface area contributed by atoms with E-state index in [0.717, 1.165) is 5.39 Å². The molecule has 0 unspecified atom stereocenters. The number of carbonyl (C=O) groups is 1. The maximum Gasteiger partial charge on any atom is 0.348 e. The minimum absolute atomic E-state index is 0.132. The average molecular weight is 447 g/mol. The third-order valence-electron chi connectivity index (χ3n) is 5.97. The molecule has 8 heteroatoms. The zero-order chi connectivity index (χ0) is 23.3. The van der Waals surface area contributed by atoms with Crippen LogP contribution in [0.25, 0.3) is 21.9 Å². The molecule has 0 spiro atoms. The zero-order valence-electron chi connectivity index (χ0n) is 18.3. The predicted octanol–water partition coefficient (Wildman–Crippen LogP) is 3.11. The van der Waals surface area contributed by atoms with E-state index < -0.39 is 23.6 Å². The van der Waals surface area contributed by atoms with Gasteiger partial charge in [-0.1, -0.05) is 12.1 Å². The van der Waals surface area contributed by atoms with E-state index in [1.165, 1.54) is 4.57 Å². The Morgan fingerprint density at radius 1 is 1.12 bits per heavy atom. The van der Waals surface area contributed by atoms with E-state index in [9.17, 15) is 14.4 Å². The number of para-hydroxylation sites is 1. The molecule has 33 heavy (non-hydrogen) atoms. The number of nitrogens with zero attached hydrogens (tertiary/aromatic N) is 1.